The third-order valence-corrected chi connectivity index (χ3v) is 3.23. The van der Waals surface area contributed by atoms with E-state index < -0.39 is 0 Å². The topological polar surface area (TPSA) is 50.7 Å². The molecule has 0 aliphatic carbocycles. The minimum atomic E-state index is 0.614. The van der Waals surface area contributed by atoms with Crippen LogP contribution in [-0.4, -0.2) is 28.5 Å². The molecule has 0 aliphatic heterocycles. The Labute approximate surface area is 118 Å². The smallest absolute Gasteiger partial charge is 0.178 e. The lowest BCUT2D eigenvalue weighted by Crippen LogP contribution is -2.13. The van der Waals surface area contributed by atoms with Crippen molar-refractivity contribution >= 4 is 11.6 Å². The average Bonchev–Trinajstić information content (AvgIpc) is 2.38. The highest BCUT2D eigenvalue weighted by atomic mass is 35.5. The number of hydrogen-bond donors (Lipinski definition) is 1. The van der Waals surface area contributed by atoms with Gasteiger partial charge in [0.15, 0.2) is 5.82 Å². The fourth-order valence-corrected chi connectivity index (χ4v) is 2.09. The van der Waals surface area contributed by atoms with Crippen LogP contribution >= 0.6 is 11.6 Å². The molecule has 100 valence electrons. The number of aromatic nitrogens is 3. The summed E-state index contributed by atoms with van der Waals surface area (Å²) in [6.45, 7) is 4.95. The summed E-state index contributed by atoms with van der Waals surface area (Å²) < 4.78 is 0. The van der Waals surface area contributed by atoms with E-state index in [1.807, 2.05) is 27.0 Å². The SMILES string of the molecule is CNCCc1c(C)nc(-c2ccc(Cl)cn2)nc1C. The molecule has 0 amide bonds. The molecule has 0 unspecified atom stereocenters. The summed E-state index contributed by atoms with van der Waals surface area (Å²) in [6, 6.07) is 3.64. The Morgan fingerprint density at radius 2 is 1.84 bits per heavy atom. The average molecular weight is 277 g/mol. The van der Waals surface area contributed by atoms with Gasteiger partial charge in [0.1, 0.15) is 5.69 Å². The summed E-state index contributed by atoms with van der Waals surface area (Å²) in [7, 11) is 1.94. The van der Waals surface area contributed by atoms with Crippen LogP contribution in [-0.2, 0) is 6.42 Å². The van der Waals surface area contributed by atoms with Crippen LogP contribution in [0.3, 0.4) is 0 Å². The van der Waals surface area contributed by atoms with E-state index in [1.165, 1.54) is 5.56 Å². The highest BCUT2D eigenvalue weighted by Gasteiger charge is 2.10. The lowest BCUT2D eigenvalue weighted by atomic mass is 10.1. The first-order valence-electron chi connectivity index (χ1n) is 6.22. The molecule has 2 heterocycles. The second-order valence-electron chi connectivity index (χ2n) is 4.41. The van der Waals surface area contributed by atoms with Gasteiger partial charge in [0.25, 0.3) is 0 Å². The zero-order valence-electron chi connectivity index (χ0n) is 11.4. The molecule has 4 nitrogen and oxygen atoms in total. The molecule has 2 rings (SSSR count). The second-order valence-corrected chi connectivity index (χ2v) is 4.85. The zero-order valence-corrected chi connectivity index (χ0v) is 12.1. The normalized spacial score (nSPS) is 10.7. The minimum Gasteiger partial charge on any atom is -0.319 e. The lowest BCUT2D eigenvalue weighted by molar-refractivity contribution is 0.774. The van der Waals surface area contributed by atoms with Crippen LogP contribution in [0.1, 0.15) is 17.0 Å². The Morgan fingerprint density at radius 1 is 1.16 bits per heavy atom. The Bertz CT molecular complexity index is 543. The lowest BCUT2D eigenvalue weighted by Gasteiger charge is -2.10. The fraction of sp³-hybridized carbons (Fsp3) is 0.357. The highest BCUT2D eigenvalue weighted by molar-refractivity contribution is 6.30. The predicted molar refractivity (Wildman–Crippen MR) is 77.4 cm³/mol. The van der Waals surface area contributed by atoms with Crippen LogP contribution in [0.15, 0.2) is 18.3 Å². The third kappa shape index (κ3) is 3.28. The number of aryl methyl sites for hydroxylation is 2. The van der Waals surface area contributed by atoms with Crippen LogP contribution in [0.2, 0.25) is 5.02 Å². The maximum atomic E-state index is 5.83. The van der Waals surface area contributed by atoms with E-state index in [0.29, 0.717) is 10.8 Å². The first kappa shape index (κ1) is 13.9. The number of hydrogen-bond acceptors (Lipinski definition) is 4. The number of nitrogens with zero attached hydrogens (tertiary/aromatic N) is 3. The molecule has 0 saturated carbocycles. The van der Waals surface area contributed by atoms with Gasteiger partial charge < -0.3 is 5.32 Å². The Balaban J connectivity index is 2.36. The van der Waals surface area contributed by atoms with Gasteiger partial charge in [-0.15, -0.1) is 0 Å². The van der Waals surface area contributed by atoms with Crippen LogP contribution in [0.4, 0.5) is 0 Å². The summed E-state index contributed by atoms with van der Waals surface area (Å²) in [5, 5.41) is 3.75. The molecule has 5 heteroatoms. The summed E-state index contributed by atoms with van der Waals surface area (Å²) in [5.74, 6) is 0.653. The van der Waals surface area contributed by atoms with Crippen LogP contribution in [0.25, 0.3) is 11.5 Å². The Kier molecular flexibility index (Phi) is 4.45. The van der Waals surface area contributed by atoms with Crippen molar-refractivity contribution in [2.75, 3.05) is 13.6 Å². The molecular formula is C14H17ClN4. The van der Waals surface area contributed by atoms with Gasteiger partial charge in [-0.25, -0.2) is 9.97 Å². The maximum absolute atomic E-state index is 5.83. The first-order chi connectivity index (χ1) is 9.11. The van der Waals surface area contributed by atoms with Gasteiger partial charge in [0.2, 0.25) is 0 Å². The van der Waals surface area contributed by atoms with E-state index in [9.17, 15) is 0 Å². The van der Waals surface area contributed by atoms with Crippen molar-refractivity contribution in [1.82, 2.24) is 20.3 Å². The van der Waals surface area contributed by atoms with E-state index >= 15 is 0 Å². The van der Waals surface area contributed by atoms with Crippen LogP contribution < -0.4 is 5.32 Å². The van der Waals surface area contributed by atoms with Crippen molar-refractivity contribution in [3.63, 3.8) is 0 Å². The number of rotatable bonds is 4. The molecule has 2 aromatic heterocycles. The van der Waals surface area contributed by atoms with Crippen molar-refractivity contribution in [2.24, 2.45) is 0 Å². The summed E-state index contributed by atoms with van der Waals surface area (Å²) >= 11 is 5.83. The van der Waals surface area contributed by atoms with E-state index in [2.05, 4.69) is 20.3 Å². The van der Waals surface area contributed by atoms with E-state index in [4.69, 9.17) is 11.6 Å². The number of pyridine rings is 1. The second kappa shape index (κ2) is 6.08. The first-order valence-corrected chi connectivity index (χ1v) is 6.60. The Hall–Kier alpha value is -1.52. The molecular weight excluding hydrogens is 260 g/mol. The van der Waals surface area contributed by atoms with E-state index in [-0.39, 0.29) is 0 Å². The molecule has 1 N–H and O–H groups in total. The van der Waals surface area contributed by atoms with Crippen molar-refractivity contribution in [3.05, 3.63) is 40.3 Å². The molecule has 19 heavy (non-hydrogen) atoms. The molecule has 0 radical (unpaired) electrons. The van der Waals surface area contributed by atoms with Crippen molar-refractivity contribution < 1.29 is 0 Å². The fourth-order valence-electron chi connectivity index (χ4n) is 1.97. The zero-order chi connectivity index (χ0) is 13.8. The van der Waals surface area contributed by atoms with Gasteiger partial charge in [0, 0.05) is 17.6 Å². The predicted octanol–water partition coefficient (Wildman–Crippen LogP) is 2.57. The number of halogens is 1. The van der Waals surface area contributed by atoms with Gasteiger partial charge in [-0.05, 0) is 51.6 Å². The van der Waals surface area contributed by atoms with Gasteiger partial charge in [-0.1, -0.05) is 11.6 Å². The van der Waals surface area contributed by atoms with Gasteiger partial charge in [0.05, 0.1) is 5.02 Å². The van der Waals surface area contributed by atoms with Crippen molar-refractivity contribution in [3.8, 4) is 11.5 Å². The quantitative estimate of drug-likeness (QED) is 0.932. The van der Waals surface area contributed by atoms with Gasteiger partial charge in [-0.3, -0.25) is 4.98 Å². The summed E-state index contributed by atoms with van der Waals surface area (Å²) in [4.78, 5) is 13.3. The van der Waals surface area contributed by atoms with Crippen LogP contribution in [0, 0.1) is 13.8 Å². The van der Waals surface area contributed by atoms with Gasteiger partial charge in [-0.2, -0.15) is 0 Å². The largest absolute Gasteiger partial charge is 0.319 e. The minimum absolute atomic E-state index is 0.614. The number of likely N-dealkylation sites (N-methyl/N-ethyl adjacent to an activating group) is 1. The third-order valence-electron chi connectivity index (χ3n) is 3.00. The maximum Gasteiger partial charge on any atom is 0.178 e. The molecule has 0 fully saturated rings. The monoisotopic (exact) mass is 276 g/mol. The van der Waals surface area contributed by atoms with Gasteiger partial charge >= 0.3 is 0 Å². The Morgan fingerprint density at radius 3 is 2.37 bits per heavy atom. The molecule has 0 saturated heterocycles. The molecule has 0 aromatic carbocycles. The van der Waals surface area contributed by atoms with E-state index in [1.54, 1.807) is 12.3 Å². The van der Waals surface area contributed by atoms with Crippen molar-refractivity contribution in [1.29, 1.82) is 0 Å². The molecule has 0 aliphatic rings. The molecule has 0 bridgehead atoms. The van der Waals surface area contributed by atoms with E-state index in [0.717, 1.165) is 30.0 Å². The van der Waals surface area contributed by atoms with Crippen LogP contribution in [0.5, 0.6) is 0 Å². The highest BCUT2D eigenvalue weighted by Crippen LogP contribution is 2.18. The molecule has 0 atom stereocenters. The standard InChI is InChI=1S/C14H17ClN4/c1-9-12(6-7-16-3)10(2)19-14(18-9)13-5-4-11(15)8-17-13/h4-5,8,16H,6-7H2,1-3H3. The van der Waals surface area contributed by atoms with Crippen molar-refractivity contribution in [2.45, 2.75) is 20.3 Å². The summed E-state index contributed by atoms with van der Waals surface area (Å²) in [6.07, 6.45) is 2.54. The number of nitrogens with one attached hydrogen (secondary N) is 1. The summed E-state index contributed by atoms with van der Waals surface area (Å²) in [5.41, 5.74) is 3.96. The molecule has 0 spiro atoms. The molecule has 2 aromatic rings.